The molecule has 4 heterocycles. The molecule has 200 valence electrons. The van der Waals surface area contributed by atoms with Gasteiger partial charge >= 0.3 is 6.01 Å². The van der Waals surface area contributed by atoms with Crippen molar-refractivity contribution in [1.82, 2.24) is 19.9 Å². The first kappa shape index (κ1) is 26.4. The van der Waals surface area contributed by atoms with E-state index in [0.717, 1.165) is 5.56 Å². The predicted octanol–water partition coefficient (Wildman–Crippen LogP) is 2.73. The molecule has 13 heteroatoms. The highest BCUT2D eigenvalue weighted by atomic mass is 32.2. The van der Waals surface area contributed by atoms with E-state index < -0.39 is 0 Å². The fourth-order valence-corrected chi connectivity index (χ4v) is 5.36. The van der Waals surface area contributed by atoms with Crippen molar-refractivity contribution in [3.05, 3.63) is 41.3 Å². The minimum absolute atomic E-state index is 0.143. The van der Waals surface area contributed by atoms with Crippen molar-refractivity contribution in [2.75, 3.05) is 76.1 Å². The molecule has 0 aliphatic carbocycles. The van der Waals surface area contributed by atoms with Gasteiger partial charge in [0.1, 0.15) is 4.32 Å². The Morgan fingerprint density at radius 2 is 1.66 bits per heavy atom. The minimum Gasteiger partial charge on any atom is -0.493 e. The molecule has 0 spiro atoms. The number of hydrogen-bond donors (Lipinski definition) is 0. The van der Waals surface area contributed by atoms with E-state index in [9.17, 15) is 4.79 Å². The van der Waals surface area contributed by atoms with Gasteiger partial charge in [0.05, 0.1) is 38.4 Å². The number of thiocarbonyl (C=S) groups is 1. The van der Waals surface area contributed by atoms with Crippen molar-refractivity contribution < 1.29 is 23.7 Å². The van der Waals surface area contributed by atoms with Gasteiger partial charge in [0.2, 0.25) is 11.9 Å². The van der Waals surface area contributed by atoms with Crippen LogP contribution < -0.4 is 19.3 Å². The second-order valence-electron chi connectivity index (χ2n) is 8.51. The Bertz CT molecular complexity index is 1210. The number of morpholine rings is 2. The van der Waals surface area contributed by atoms with Crippen molar-refractivity contribution >= 4 is 52.2 Å². The van der Waals surface area contributed by atoms with Crippen LogP contribution >= 0.6 is 24.0 Å². The van der Waals surface area contributed by atoms with E-state index in [0.29, 0.717) is 91.8 Å². The summed E-state index contributed by atoms with van der Waals surface area (Å²) in [5.74, 6) is 1.85. The zero-order valence-electron chi connectivity index (χ0n) is 21.0. The lowest BCUT2D eigenvalue weighted by molar-refractivity contribution is -0.121. The summed E-state index contributed by atoms with van der Waals surface area (Å²) in [4.78, 5) is 32.8. The molecule has 11 nitrogen and oxygen atoms in total. The van der Waals surface area contributed by atoms with Gasteiger partial charge in [0.25, 0.3) is 5.91 Å². The molecule has 0 saturated carbocycles. The van der Waals surface area contributed by atoms with Crippen LogP contribution in [0.25, 0.3) is 6.08 Å². The summed E-state index contributed by atoms with van der Waals surface area (Å²) < 4.78 is 23.2. The maximum atomic E-state index is 12.7. The number of methoxy groups -OCH3 is 1. The Kier molecular flexibility index (Phi) is 8.37. The van der Waals surface area contributed by atoms with Gasteiger partial charge in [0, 0.05) is 32.7 Å². The summed E-state index contributed by atoms with van der Waals surface area (Å²) in [7, 11) is 1.56. The Hall–Kier alpha value is -3.26. The Balaban J connectivity index is 1.41. The van der Waals surface area contributed by atoms with E-state index in [1.165, 1.54) is 16.7 Å². The maximum Gasteiger partial charge on any atom is 0.328 e. The molecule has 1 amide bonds. The molecule has 1 aromatic carbocycles. The molecule has 3 saturated heterocycles. The molecule has 0 bridgehead atoms. The highest BCUT2D eigenvalue weighted by Gasteiger charge is 2.31. The quantitative estimate of drug-likeness (QED) is 0.271. The molecule has 5 rings (SSSR count). The summed E-state index contributed by atoms with van der Waals surface area (Å²) in [6.07, 6.45) is 3.43. The smallest absolute Gasteiger partial charge is 0.328 e. The van der Waals surface area contributed by atoms with E-state index in [2.05, 4.69) is 26.3 Å². The van der Waals surface area contributed by atoms with Gasteiger partial charge in [-0.3, -0.25) is 9.69 Å². The second kappa shape index (κ2) is 12.1. The lowest BCUT2D eigenvalue weighted by atomic mass is 10.2. The van der Waals surface area contributed by atoms with Crippen LogP contribution in [0.4, 0.5) is 11.9 Å². The van der Waals surface area contributed by atoms with E-state index in [4.69, 9.17) is 36.1 Å². The number of anilines is 2. The van der Waals surface area contributed by atoms with Gasteiger partial charge in [-0.25, -0.2) is 0 Å². The van der Waals surface area contributed by atoms with Gasteiger partial charge < -0.3 is 28.7 Å². The third kappa shape index (κ3) is 5.90. The Morgan fingerprint density at radius 3 is 2.24 bits per heavy atom. The van der Waals surface area contributed by atoms with Gasteiger partial charge in [-0.2, -0.15) is 15.0 Å². The van der Waals surface area contributed by atoms with Crippen LogP contribution in [0.15, 0.2) is 35.8 Å². The fourth-order valence-electron chi connectivity index (χ4n) is 4.09. The lowest BCUT2D eigenvalue weighted by Gasteiger charge is -2.30. The molecule has 0 radical (unpaired) electrons. The number of benzene rings is 1. The number of ether oxygens (including phenoxy) is 4. The number of carbonyl (C=O) groups is 1. The number of rotatable bonds is 8. The first-order valence-electron chi connectivity index (χ1n) is 12.2. The first-order chi connectivity index (χ1) is 18.6. The molecule has 2 aromatic rings. The average Bonchev–Trinajstić information content (AvgIpc) is 3.22. The molecule has 0 unspecified atom stereocenters. The van der Waals surface area contributed by atoms with Crippen LogP contribution in [0.5, 0.6) is 17.5 Å². The summed E-state index contributed by atoms with van der Waals surface area (Å²) in [6.45, 7) is 9.23. The van der Waals surface area contributed by atoms with Crippen LogP contribution in [0.3, 0.4) is 0 Å². The number of carbonyl (C=O) groups excluding carboxylic acids is 1. The van der Waals surface area contributed by atoms with E-state index >= 15 is 0 Å². The number of amides is 1. The summed E-state index contributed by atoms with van der Waals surface area (Å²) in [5, 5.41) is 0. The maximum absolute atomic E-state index is 12.7. The average molecular weight is 557 g/mol. The van der Waals surface area contributed by atoms with Gasteiger partial charge in [-0.15, -0.1) is 6.58 Å². The number of aromatic nitrogens is 3. The number of thioether (sulfide) groups is 1. The van der Waals surface area contributed by atoms with E-state index in [1.54, 1.807) is 31.4 Å². The molecular weight excluding hydrogens is 528 g/mol. The highest BCUT2D eigenvalue weighted by molar-refractivity contribution is 8.26. The highest BCUT2D eigenvalue weighted by Crippen LogP contribution is 2.36. The summed E-state index contributed by atoms with van der Waals surface area (Å²) in [6, 6.07) is 5.56. The van der Waals surface area contributed by atoms with E-state index in [1.807, 2.05) is 6.07 Å². The van der Waals surface area contributed by atoms with Crippen LogP contribution in [0.1, 0.15) is 5.56 Å². The van der Waals surface area contributed by atoms with Crippen LogP contribution in [0, 0.1) is 0 Å². The summed E-state index contributed by atoms with van der Waals surface area (Å²) in [5.41, 5.74) is 0.770. The van der Waals surface area contributed by atoms with Crippen molar-refractivity contribution in [2.45, 2.75) is 0 Å². The number of nitrogens with zero attached hydrogens (tertiary/aromatic N) is 6. The molecule has 0 N–H and O–H groups in total. The van der Waals surface area contributed by atoms with Gasteiger partial charge in [0.15, 0.2) is 11.5 Å². The van der Waals surface area contributed by atoms with Crippen LogP contribution in [-0.2, 0) is 14.3 Å². The molecule has 3 fully saturated rings. The molecular formula is C25H28N6O5S2. The monoisotopic (exact) mass is 556 g/mol. The van der Waals surface area contributed by atoms with Crippen molar-refractivity contribution in [1.29, 1.82) is 0 Å². The van der Waals surface area contributed by atoms with Crippen molar-refractivity contribution in [2.24, 2.45) is 0 Å². The normalized spacial score (nSPS) is 19.3. The predicted molar refractivity (Wildman–Crippen MR) is 149 cm³/mol. The lowest BCUT2D eigenvalue weighted by Crippen LogP contribution is -2.40. The largest absolute Gasteiger partial charge is 0.493 e. The second-order valence-corrected chi connectivity index (χ2v) is 10.2. The van der Waals surface area contributed by atoms with Crippen molar-refractivity contribution in [3.8, 4) is 17.5 Å². The first-order valence-corrected chi connectivity index (χ1v) is 13.4. The van der Waals surface area contributed by atoms with Crippen molar-refractivity contribution in [3.63, 3.8) is 0 Å². The zero-order valence-corrected chi connectivity index (χ0v) is 22.6. The Labute approximate surface area is 230 Å². The SMILES string of the molecule is C=CCN1C(=O)C(=Cc2ccc(Oc3nc(N4CCOCC4)nc(N4CCOCC4)n3)c(OC)c2)SC1=S. The Morgan fingerprint density at radius 1 is 1.03 bits per heavy atom. The molecule has 1 aromatic heterocycles. The molecule has 0 atom stereocenters. The number of hydrogen-bond acceptors (Lipinski definition) is 12. The fraction of sp³-hybridized carbons (Fsp3) is 0.400. The van der Waals surface area contributed by atoms with Gasteiger partial charge in [-0.1, -0.05) is 36.1 Å². The zero-order chi connectivity index (χ0) is 26.5. The third-order valence-corrected chi connectivity index (χ3v) is 7.43. The standard InChI is InChI=1S/C25H28N6O5S2/c1-3-6-31-21(32)20(38-25(31)37)16-17-4-5-18(19(15-17)33-2)36-24-27-22(29-7-11-34-12-8-29)26-23(28-24)30-9-13-35-14-10-30/h3-5,15-16H,1,6-14H2,2H3. The van der Waals surface area contributed by atoms with E-state index in [-0.39, 0.29) is 11.9 Å². The summed E-state index contributed by atoms with van der Waals surface area (Å²) >= 11 is 6.59. The molecule has 3 aliphatic rings. The van der Waals surface area contributed by atoms with Gasteiger partial charge in [-0.05, 0) is 23.8 Å². The minimum atomic E-state index is -0.143. The van der Waals surface area contributed by atoms with Crippen LogP contribution in [-0.4, -0.2) is 96.3 Å². The molecule has 3 aliphatic heterocycles. The third-order valence-electron chi connectivity index (χ3n) is 6.05. The molecule has 38 heavy (non-hydrogen) atoms. The van der Waals surface area contributed by atoms with Crippen LogP contribution in [0.2, 0.25) is 0 Å². The topological polar surface area (TPSA) is 102 Å².